The van der Waals surface area contributed by atoms with Crippen LogP contribution >= 0.6 is 0 Å². The number of anilines is 1. The molecule has 2 aromatic rings. The Morgan fingerprint density at radius 3 is 2.31 bits per heavy atom. The number of aromatic hydroxyl groups is 1. The normalized spacial score (nSPS) is 12.5. The van der Waals surface area contributed by atoms with Crippen LogP contribution in [-0.4, -0.2) is 41.4 Å². The number of alkyl halides is 3. The first-order chi connectivity index (χ1) is 17.2. The third-order valence-electron chi connectivity index (χ3n) is 6.19. The van der Waals surface area contributed by atoms with Gasteiger partial charge in [-0.2, -0.15) is 0 Å². The molecule has 1 atom stereocenters. The van der Waals surface area contributed by atoms with Crippen LogP contribution in [0.2, 0.25) is 0 Å². The molecule has 0 aliphatic rings. The Morgan fingerprint density at radius 1 is 0.972 bits per heavy atom. The van der Waals surface area contributed by atoms with Gasteiger partial charge in [-0.1, -0.05) is 46.5 Å². The van der Waals surface area contributed by atoms with E-state index in [1.54, 1.807) is 7.11 Å². The highest BCUT2D eigenvalue weighted by Gasteiger charge is 2.31. The van der Waals surface area contributed by atoms with Crippen molar-refractivity contribution < 1.29 is 27.8 Å². The third kappa shape index (κ3) is 9.15. The lowest BCUT2D eigenvalue weighted by Crippen LogP contribution is -2.22. The van der Waals surface area contributed by atoms with Crippen molar-refractivity contribution in [2.75, 3.05) is 19.0 Å². The number of nitrogens with zero attached hydrogens (tertiary/aromatic N) is 2. The molecule has 0 bridgehead atoms. The Labute approximate surface area is 212 Å². The van der Waals surface area contributed by atoms with Gasteiger partial charge in [-0.25, -0.2) is 0 Å². The van der Waals surface area contributed by atoms with Crippen LogP contribution in [0.3, 0.4) is 0 Å². The summed E-state index contributed by atoms with van der Waals surface area (Å²) in [5, 5.41) is 23.2. The van der Waals surface area contributed by atoms with Crippen molar-refractivity contribution in [1.29, 1.82) is 0 Å². The van der Waals surface area contributed by atoms with Crippen LogP contribution in [0.25, 0.3) is 11.3 Å². The van der Waals surface area contributed by atoms with Crippen molar-refractivity contribution >= 4 is 5.82 Å². The molecule has 9 heteroatoms. The summed E-state index contributed by atoms with van der Waals surface area (Å²) in [5.41, 5.74) is 2.77. The van der Waals surface area contributed by atoms with Crippen LogP contribution < -0.4 is 10.1 Å². The fraction of sp³-hybridized carbons (Fsp3) is 0.630. The standard InChI is InChI=1S/C27H40F3N3O3/c1-5-8-10-12-19(7-3)31-26-22(13-9-6-2)21(14-11-17-35-4)25(32-33-26)23-16-15-20(18-24(23)34)36-27(28,29)30/h15-16,18-19,34H,5-14,17H2,1-4H3,(H,31,33). The summed E-state index contributed by atoms with van der Waals surface area (Å²) in [5.74, 6) is -0.0772. The summed E-state index contributed by atoms with van der Waals surface area (Å²) in [6.45, 7) is 7.01. The van der Waals surface area contributed by atoms with E-state index in [-0.39, 0.29) is 11.8 Å². The fourth-order valence-corrected chi connectivity index (χ4v) is 4.25. The zero-order chi connectivity index (χ0) is 26.6. The maximum absolute atomic E-state index is 12.6. The van der Waals surface area contributed by atoms with Crippen molar-refractivity contribution in [3.05, 3.63) is 29.3 Å². The number of phenolic OH excluding ortho intramolecular Hbond substituents is 1. The number of hydrogen-bond acceptors (Lipinski definition) is 6. The molecule has 0 amide bonds. The van der Waals surface area contributed by atoms with Gasteiger partial charge in [0.25, 0.3) is 0 Å². The molecule has 2 rings (SSSR count). The number of methoxy groups -OCH3 is 1. The van der Waals surface area contributed by atoms with E-state index in [0.717, 1.165) is 74.4 Å². The molecule has 36 heavy (non-hydrogen) atoms. The van der Waals surface area contributed by atoms with Gasteiger partial charge in [0.1, 0.15) is 17.2 Å². The summed E-state index contributed by atoms with van der Waals surface area (Å²) in [6.07, 6.45) is 4.74. The number of halogens is 3. The first-order valence-electron chi connectivity index (χ1n) is 13.0. The lowest BCUT2D eigenvalue weighted by Gasteiger charge is -2.23. The number of unbranched alkanes of at least 4 members (excludes halogenated alkanes) is 3. The zero-order valence-electron chi connectivity index (χ0n) is 21.9. The van der Waals surface area contributed by atoms with Crippen LogP contribution in [0.4, 0.5) is 19.0 Å². The first kappa shape index (κ1) is 29.7. The van der Waals surface area contributed by atoms with E-state index in [9.17, 15) is 18.3 Å². The molecule has 0 saturated heterocycles. The molecule has 1 aromatic heterocycles. The number of aromatic nitrogens is 2. The number of benzene rings is 1. The molecule has 0 fully saturated rings. The lowest BCUT2D eigenvalue weighted by molar-refractivity contribution is -0.274. The summed E-state index contributed by atoms with van der Waals surface area (Å²) < 4.78 is 47.1. The van der Waals surface area contributed by atoms with Gasteiger partial charge in [0.15, 0.2) is 5.82 Å². The molecular weight excluding hydrogens is 471 g/mol. The maximum atomic E-state index is 12.6. The molecule has 1 aromatic carbocycles. The second kappa shape index (κ2) is 14.9. The van der Waals surface area contributed by atoms with Gasteiger partial charge in [-0.15, -0.1) is 23.4 Å². The highest BCUT2D eigenvalue weighted by molar-refractivity contribution is 5.73. The van der Waals surface area contributed by atoms with E-state index < -0.39 is 12.1 Å². The largest absolute Gasteiger partial charge is 0.573 e. The Morgan fingerprint density at radius 2 is 1.69 bits per heavy atom. The van der Waals surface area contributed by atoms with Crippen molar-refractivity contribution in [1.82, 2.24) is 10.2 Å². The van der Waals surface area contributed by atoms with Crippen molar-refractivity contribution in [2.24, 2.45) is 0 Å². The van der Waals surface area contributed by atoms with Gasteiger partial charge in [0.05, 0.1) is 0 Å². The van der Waals surface area contributed by atoms with Gasteiger partial charge in [0, 0.05) is 37.0 Å². The van der Waals surface area contributed by atoms with Crippen molar-refractivity contribution in [3.63, 3.8) is 0 Å². The minimum Gasteiger partial charge on any atom is -0.507 e. The molecule has 1 unspecified atom stereocenters. The van der Waals surface area contributed by atoms with Gasteiger partial charge in [-0.3, -0.25) is 0 Å². The quantitative estimate of drug-likeness (QED) is 0.228. The average molecular weight is 512 g/mol. The second-order valence-corrected chi connectivity index (χ2v) is 9.03. The van der Waals surface area contributed by atoms with Crippen LogP contribution in [0.5, 0.6) is 11.5 Å². The predicted molar refractivity (Wildman–Crippen MR) is 136 cm³/mol. The number of nitrogens with one attached hydrogen (secondary N) is 1. The van der Waals surface area contributed by atoms with Crippen LogP contribution in [-0.2, 0) is 17.6 Å². The summed E-state index contributed by atoms with van der Waals surface area (Å²) >= 11 is 0. The highest BCUT2D eigenvalue weighted by Crippen LogP contribution is 2.37. The van der Waals surface area contributed by atoms with E-state index in [1.165, 1.54) is 18.6 Å². The zero-order valence-corrected chi connectivity index (χ0v) is 21.9. The van der Waals surface area contributed by atoms with Gasteiger partial charge in [-0.05, 0) is 56.2 Å². The van der Waals surface area contributed by atoms with Crippen LogP contribution in [0.15, 0.2) is 18.2 Å². The molecule has 0 aliphatic heterocycles. The highest BCUT2D eigenvalue weighted by atomic mass is 19.4. The summed E-state index contributed by atoms with van der Waals surface area (Å²) in [7, 11) is 1.64. The average Bonchev–Trinajstić information content (AvgIpc) is 2.82. The molecule has 0 radical (unpaired) electrons. The third-order valence-corrected chi connectivity index (χ3v) is 6.19. The van der Waals surface area contributed by atoms with E-state index in [4.69, 9.17) is 4.74 Å². The molecular formula is C27H40F3N3O3. The lowest BCUT2D eigenvalue weighted by atomic mass is 9.94. The molecule has 0 saturated carbocycles. The monoisotopic (exact) mass is 511 g/mol. The van der Waals surface area contributed by atoms with Crippen molar-refractivity contribution in [3.8, 4) is 22.8 Å². The van der Waals surface area contributed by atoms with E-state index in [0.29, 0.717) is 24.3 Å². The van der Waals surface area contributed by atoms with E-state index in [1.807, 2.05) is 0 Å². The van der Waals surface area contributed by atoms with Crippen molar-refractivity contribution in [2.45, 2.75) is 97.4 Å². The molecule has 0 aliphatic carbocycles. The first-order valence-corrected chi connectivity index (χ1v) is 13.0. The van der Waals surface area contributed by atoms with E-state index >= 15 is 0 Å². The van der Waals surface area contributed by atoms with Gasteiger partial charge in [0.2, 0.25) is 0 Å². The molecule has 202 valence electrons. The smallest absolute Gasteiger partial charge is 0.507 e. The summed E-state index contributed by atoms with van der Waals surface area (Å²) in [4.78, 5) is 0. The minimum atomic E-state index is -4.84. The predicted octanol–water partition coefficient (Wildman–Crippen LogP) is 7.44. The Hall–Kier alpha value is -2.55. The second-order valence-electron chi connectivity index (χ2n) is 9.03. The number of phenols is 1. The maximum Gasteiger partial charge on any atom is 0.573 e. The fourth-order valence-electron chi connectivity index (χ4n) is 4.25. The number of hydrogen-bond donors (Lipinski definition) is 2. The topological polar surface area (TPSA) is 76.5 Å². The Balaban J connectivity index is 2.52. The Bertz CT molecular complexity index is 938. The number of ether oxygens (including phenoxy) is 2. The van der Waals surface area contributed by atoms with E-state index in [2.05, 4.69) is 41.0 Å². The Kier molecular flexibility index (Phi) is 12.3. The summed E-state index contributed by atoms with van der Waals surface area (Å²) in [6, 6.07) is 3.82. The molecule has 1 heterocycles. The van der Waals surface area contributed by atoms with Gasteiger partial charge >= 0.3 is 6.36 Å². The SMILES string of the molecule is CCCCCC(CC)Nc1nnc(-c2ccc(OC(F)(F)F)cc2O)c(CCCOC)c1CCCC. The van der Waals surface area contributed by atoms with Crippen LogP contribution in [0, 0.1) is 0 Å². The molecule has 6 nitrogen and oxygen atoms in total. The number of rotatable bonds is 16. The van der Waals surface area contributed by atoms with Gasteiger partial charge < -0.3 is 19.9 Å². The van der Waals surface area contributed by atoms with Crippen LogP contribution in [0.1, 0.15) is 83.3 Å². The molecule has 2 N–H and O–H groups in total. The minimum absolute atomic E-state index is 0.274. The molecule has 0 spiro atoms.